The molecule has 0 saturated carbocycles. The average Bonchev–Trinajstić information content (AvgIpc) is 1.99. The van der Waals surface area contributed by atoms with Gasteiger partial charge in [0.05, 0.1) is 5.60 Å². The van der Waals surface area contributed by atoms with E-state index < -0.39 is 23.3 Å². The molecule has 7 heteroatoms. The second-order valence-electron chi connectivity index (χ2n) is 4.00. The first-order valence-electron chi connectivity index (χ1n) is 4.06. The van der Waals surface area contributed by atoms with Gasteiger partial charge in [0.2, 0.25) is 0 Å². The third-order valence-corrected chi connectivity index (χ3v) is 1.42. The van der Waals surface area contributed by atoms with Gasteiger partial charge in [-0.25, -0.2) is 0 Å². The molecule has 0 rings (SSSR count). The third kappa shape index (κ3) is 5.08. The van der Waals surface area contributed by atoms with Crippen molar-refractivity contribution in [1.82, 2.24) is 0 Å². The van der Waals surface area contributed by atoms with Crippen LogP contribution >= 0.6 is 12.4 Å². The Morgan fingerprint density at radius 1 is 1.47 bits per heavy atom. The number of aldehydes is 1. The van der Waals surface area contributed by atoms with Crippen molar-refractivity contribution in [2.24, 2.45) is 11.5 Å². The number of hydrogen-bond acceptors (Lipinski definition) is 5. The fraction of sp³-hybridized carbons (Fsp3) is 0.750. The Kier molecular flexibility index (Phi) is 6.03. The molecule has 2 atom stereocenters. The molecule has 6 nitrogen and oxygen atoms in total. The Hall–Kier alpha value is -0.690. The molecule has 0 radical (unpaired) electrons. The molecule has 0 aromatic heterocycles. The van der Waals surface area contributed by atoms with Gasteiger partial charge < -0.3 is 15.6 Å². The third-order valence-electron chi connectivity index (χ3n) is 1.42. The molecule has 0 spiro atoms. The number of aliphatic carboxylic acids is 1. The van der Waals surface area contributed by atoms with Gasteiger partial charge >= 0.3 is 5.97 Å². The van der Waals surface area contributed by atoms with E-state index in [-0.39, 0.29) is 18.7 Å². The van der Waals surface area contributed by atoms with Gasteiger partial charge in [-0.05, 0) is 20.8 Å². The quantitative estimate of drug-likeness (QED) is 0.450. The Labute approximate surface area is 94.4 Å². The van der Waals surface area contributed by atoms with Gasteiger partial charge in [-0.3, -0.25) is 15.3 Å². The standard InChI is InChI=1S/C8H16N2O4.ClH/c1-7(2,3)14-8(10,4-11)5(9)6(12)13;/h4-5H,9-10H2,1-3H3,(H,12,13);1H. The molecule has 15 heavy (non-hydrogen) atoms. The highest BCUT2D eigenvalue weighted by atomic mass is 35.5. The topological polar surface area (TPSA) is 116 Å². The Morgan fingerprint density at radius 3 is 2.07 bits per heavy atom. The lowest BCUT2D eigenvalue weighted by atomic mass is 10.1. The van der Waals surface area contributed by atoms with Crippen LogP contribution in [0.25, 0.3) is 0 Å². The molecular formula is C8H17ClN2O4. The van der Waals surface area contributed by atoms with Crippen LogP contribution in [0.5, 0.6) is 0 Å². The van der Waals surface area contributed by atoms with Gasteiger partial charge in [0.25, 0.3) is 0 Å². The summed E-state index contributed by atoms with van der Waals surface area (Å²) >= 11 is 0. The number of hydrogen-bond donors (Lipinski definition) is 3. The van der Waals surface area contributed by atoms with Gasteiger partial charge in [-0.2, -0.15) is 0 Å². The van der Waals surface area contributed by atoms with E-state index in [1.165, 1.54) is 0 Å². The van der Waals surface area contributed by atoms with Crippen LogP contribution in [0.4, 0.5) is 0 Å². The van der Waals surface area contributed by atoms with Crippen molar-refractivity contribution in [1.29, 1.82) is 0 Å². The van der Waals surface area contributed by atoms with Crippen molar-refractivity contribution in [3.05, 3.63) is 0 Å². The molecule has 5 N–H and O–H groups in total. The van der Waals surface area contributed by atoms with Gasteiger partial charge in [-0.1, -0.05) is 0 Å². The van der Waals surface area contributed by atoms with E-state index in [9.17, 15) is 9.59 Å². The first kappa shape index (κ1) is 16.7. The number of halogens is 1. The molecule has 0 amide bonds. The number of rotatable bonds is 4. The summed E-state index contributed by atoms with van der Waals surface area (Å²) in [5, 5.41) is 8.60. The fourth-order valence-corrected chi connectivity index (χ4v) is 0.884. The van der Waals surface area contributed by atoms with E-state index in [1.54, 1.807) is 20.8 Å². The van der Waals surface area contributed by atoms with E-state index >= 15 is 0 Å². The highest BCUT2D eigenvalue weighted by Crippen LogP contribution is 2.16. The minimum atomic E-state index is -2.00. The van der Waals surface area contributed by atoms with Crippen LogP contribution < -0.4 is 11.5 Å². The summed E-state index contributed by atoms with van der Waals surface area (Å²) in [6.45, 7) is 4.94. The number of carboxylic acids is 1. The summed E-state index contributed by atoms with van der Waals surface area (Å²) in [7, 11) is 0. The van der Waals surface area contributed by atoms with Crippen molar-refractivity contribution in [3.8, 4) is 0 Å². The molecule has 0 aliphatic rings. The molecule has 0 aromatic rings. The summed E-state index contributed by atoms with van der Waals surface area (Å²) in [6.07, 6.45) is 0.205. The number of carbonyl (C=O) groups is 2. The maximum atomic E-state index is 10.7. The fourth-order valence-electron chi connectivity index (χ4n) is 0.884. The van der Waals surface area contributed by atoms with E-state index in [2.05, 4.69) is 0 Å². The lowest BCUT2D eigenvalue weighted by molar-refractivity contribution is -0.169. The minimum absolute atomic E-state index is 0. The van der Waals surface area contributed by atoms with Gasteiger partial charge in [0.15, 0.2) is 18.1 Å². The largest absolute Gasteiger partial charge is 0.480 e. The summed E-state index contributed by atoms with van der Waals surface area (Å²) in [5.74, 6) is -1.39. The SMILES string of the molecule is CC(C)(C)OC(N)(C=O)C(N)C(=O)O.Cl. The zero-order valence-electron chi connectivity index (χ0n) is 8.89. The second kappa shape index (κ2) is 5.41. The monoisotopic (exact) mass is 240 g/mol. The van der Waals surface area contributed by atoms with Crippen LogP contribution in [0, 0.1) is 0 Å². The van der Waals surface area contributed by atoms with Gasteiger partial charge in [0, 0.05) is 0 Å². The predicted octanol–water partition coefficient (Wildman–Crippen LogP) is -0.511. The van der Waals surface area contributed by atoms with Crippen molar-refractivity contribution < 1.29 is 19.4 Å². The molecule has 0 aliphatic carbocycles. The lowest BCUT2D eigenvalue weighted by Crippen LogP contribution is -2.64. The van der Waals surface area contributed by atoms with Crippen LogP contribution in [0.1, 0.15) is 20.8 Å². The lowest BCUT2D eigenvalue weighted by Gasteiger charge is -2.34. The highest BCUT2D eigenvalue weighted by Gasteiger charge is 2.41. The maximum Gasteiger partial charge on any atom is 0.325 e. The Balaban J connectivity index is 0. The summed E-state index contributed by atoms with van der Waals surface area (Å²) in [6, 6.07) is -1.58. The molecular weight excluding hydrogens is 224 g/mol. The zero-order valence-corrected chi connectivity index (χ0v) is 9.71. The van der Waals surface area contributed by atoms with E-state index in [4.69, 9.17) is 21.3 Å². The first-order chi connectivity index (χ1) is 6.12. The van der Waals surface area contributed by atoms with Crippen LogP contribution in [-0.2, 0) is 14.3 Å². The molecule has 0 fully saturated rings. The number of carbonyl (C=O) groups excluding carboxylic acids is 1. The summed E-state index contributed by atoms with van der Waals surface area (Å²) < 4.78 is 5.10. The van der Waals surface area contributed by atoms with Gasteiger partial charge in [0.1, 0.15) is 0 Å². The molecule has 0 aromatic carbocycles. The summed E-state index contributed by atoms with van der Waals surface area (Å²) in [4.78, 5) is 21.2. The minimum Gasteiger partial charge on any atom is -0.480 e. The maximum absolute atomic E-state index is 10.7. The normalized spacial score (nSPS) is 17.1. The number of nitrogens with two attached hydrogens (primary N) is 2. The molecule has 90 valence electrons. The first-order valence-corrected chi connectivity index (χ1v) is 4.06. The number of carboxylic acid groups (broad SMARTS) is 1. The van der Waals surface area contributed by atoms with Crippen LogP contribution in [-0.4, -0.2) is 34.7 Å². The smallest absolute Gasteiger partial charge is 0.325 e. The molecule has 2 unspecified atom stereocenters. The summed E-state index contributed by atoms with van der Waals surface area (Å²) in [5.41, 5.74) is 7.92. The van der Waals surface area contributed by atoms with Crippen LogP contribution in [0.15, 0.2) is 0 Å². The van der Waals surface area contributed by atoms with Crippen molar-refractivity contribution in [2.75, 3.05) is 0 Å². The molecule has 0 heterocycles. The molecule has 0 aliphatic heterocycles. The Bertz CT molecular complexity index is 241. The van der Waals surface area contributed by atoms with E-state index in [1.807, 2.05) is 0 Å². The Morgan fingerprint density at radius 2 is 1.87 bits per heavy atom. The van der Waals surface area contributed by atoms with Crippen LogP contribution in [0.2, 0.25) is 0 Å². The zero-order chi connectivity index (χ0) is 11.6. The average molecular weight is 241 g/mol. The number of ether oxygens (including phenoxy) is 1. The van der Waals surface area contributed by atoms with E-state index in [0.29, 0.717) is 0 Å². The second-order valence-corrected chi connectivity index (χ2v) is 4.00. The van der Waals surface area contributed by atoms with Crippen LogP contribution in [0.3, 0.4) is 0 Å². The predicted molar refractivity (Wildman–Crippen MR) is 56.7 cm³/mol. The van der Waals surface area contributed by atoms with Crippen molar-refractivity contribution in [3.63, 3.8) is 0 Å². The van der Waals surface area contributed by atoms with Crippen molar-refractivity contribution >= 4 is 24.7 Å². The highest BCUT2D eigenvalue weighted by molar-refractivity contribution is 5.85. The van der Waals surface area contributed by atoms with E-state index in [0.717, 1.165) is 0 Å². The molecule has 0 saturated heterocycles. The van der Waals surface area contributed by atoms with Gasteiger partial charge in [-0.15, -0.1) is 12.4 Å². The van der Waals surface area contributed by atoms with Crippen molar-refractivity contribution in [2.45, 2.75) is 38.1 Å². The molecule has 0 bridgehead atoms.